The summed E-state index contributed by atoms with van der Waals surface area (Å²) in [6, 6.07) is -0.940. The summed E-state index contributed by atoms with van der Waals surface area (Å²) in [6.45, 7) is 8.05. The topological polar surface area (TPSA) is 86.9 Å². The Morgan fingerprint density at radius 1 is 1.16 bits per heavy atom. The highest BCUT2D eigenvalue weighted by Crippen LogP contribution is 2.10. The molecule has 1 rings (SSSR count). The Bertz CT molecular complexity index is 325. The van der Waals surface area contributed by atoms with Crippen molar-refractivity contribution in [3.05, 3.63) is 0 Å². The van der Waals surface area contributed by atoms with E-state index in [-0.39, 0.29) is 5.91 Å². The van der Waals surface area contributed by atoms with Gasteiger partial charge in [-0.1, -0.05) is 13.8 Å². The number of carboxylic acid groups (broad SMARTS) is 1. The molecule has 0 aromatic heterocycles. The molecular weight excluding hydrogens is 246 g/mol. The lowest BCUT2D eigenvalue weighted by atomic mass is 10.0. The molecule has 0 bridgehead atoms. The number of aliphatic carboxylic acids is 1. The van der Waals surface area contributed by atoms with Crippen LogP contribution in [-0.4, -0.2) is 65.0 Å². The second kappa shape index (κ2) is 6.86. The largest absolute Gasteiger partial charge is 0.480 e. The van der Waals surface area contributed by atoms with Crippen LogP contribution in [0.1, 0.15) is 27.2 Å². The van der Waals surface area contributed by atoms with Crippen molar-refractivity contribution in [2.24, 2.45) is 11.7 Å². The highest BCUT2D eigenvalue weighted by molar-refractivity contribution is 5.81. The molecule has 0 aromatic carbocycles. The number of carbonyl (C=O) groups is 2. The monoisotopic (exact) mass is 271 g/mol. The van der Waals surface area contributed by atoms with E-state index in [1.165, 1.54) is 0 Å². The SMILES string of the molecule is CC(C)C[C@H](N)C(=O)N1CCN(C(C)C(=O)O)CC1. The summed E-state index contributed by atoms with van der Waals surface area (Å²) in [5.74, 6) is -0.445. The van der Waals surface area contributed by atoms with Gasteiger partial charge < -0.3 is 15.7 Å². The van der Waals surface area contributed by atoms with Gasteiger partial charge in [-0.2, -0.15) is 0 Å². The number of nitrogens with two attached hydrogens (primary N) is 1. The average molecular weight is 271 g/mol. The molecule has 1 unspecified atom stereocenters. The second-order valence-electron chi connectivity index (χ2n) is 5.61. The lowest BCUT2D eigenvalue weighted by Crippen LogP contribution is -2.56. The van der Waals surface area contributed by atoms with Gasteiger partial charge in [0.05, 0.1) is 6.04 Å². The van der Waals surface area contributed by atoms with Crippen molar-refractivity contribution in [3.8, 4) is 0 Å². The fraction of sp³-hybridized carbons (Fsp3) is 0.846. The van der Waals surface area contributed by atoms with Gasteiger partial charge in [0.25, 0.3) is 0 Å². The minimum absolute atomic E-state index is 0.0173. The van der Waals surface area contributed by atoms with Crippen LogP contribution >= 0.6 is 0 Å². The zero-order chi connectivity index (χ0) is 14.6. The van der Waals surface area contributed by atoms with Crippen LogP contribution in [0.3, 0.4) is 0 Å². The third-order valence-electron chi connectivity index (χ3n) is 3.57. The van der Waals surface area contributed by atoms with Gasteiger partial charge in [0.15, 0.2) is 0 Å². The molecular formula is C13H25N3O3. The smallest absolute Gasteiger partial charge is 0.320 e. The van der Waals surface area contributed by atoms with Crippen molar-refractivity contribution in [2.75, 3.05) is 26.2 Å². The molecule has 2 atom stereocenters. The van der Waals surface area contributed by atoms with Crippen molar-refractivity contribution >= 4 is 11.9 Å². The summed E-state index contributed by atoms with van der Waals surface area (Å²) in [5, 5.41) is 8.95. The van der Waals surface area contributed by atoms with Gasteiger partial charge >= 0.3 is 5.97 Å². The molecule has 110 valence electrons. The van der Waals surface area contributed by atoms with Crippen LogP contribution in [0.25, 0.3) is 0 Å². The van der Waals surface area contributed by atoms with E-state index in [0.717, 1.165) is 0 Å². The highest BCUT2D eigenvalue weighted by atomic mass is 16.4. The third kappa shape index (κ3) is 4.47. The van der Waals surface area contributed by atoms with Crippen molar-refractivity contribution in [3.63, 3.8) is 0 Å². The van der Waals surface area contributed by atoms with Crippen LogP contribution in [0.4, 0.5) is 0 Å². The average Bonchev–Trinajstić information content (AvgIpc) is 2.36. The molecule has 1 aliphatic rings. The van der Waals surface area contributed by atoms with Crippen molar-refractivity contribution in [1.82, 2.24) is 9.80 Å². The van der Waals surface area contributed by atoms with E-state index in [4.69, 9.17) is 10.8 Å². The first-order valence-electron chi connectivity index (χ1n) is 6.84. The van der Waals surface area contributed by atoms with E-state index in [1.807, 2.05) is 18.7 Å². The van der Waals surface area contributed by atoms with Gasteiger partial charge in [-0.3, -0.25) is 14.5 Å². The van der Waals surface area contributed by atoms with Crippen LogP contribution in [0.2, 0.25) is 0 Å². The van der Waals surface area contributed by atoms with Crippen LogP contribution in [0.15, 0.2) is 0 Å². The van der Waals surface area contributed by atoms with Crippen molar-refractivity contribution < 1.29 is 14.7 Å². The van der Waals surface area contributed by atoms with Crippen LogP contribution < -0.4 is 5.73 Å². The molecule has 0 radical (unpaired) electrons. The van der Waals surface area contributed by atoms with E-state index in [0.29, 0.717) is 38.5 Å². The van der Waals surface area contributed by atoms with Crippen LogP contribution in [0, 0.1) is 5.92 Å². The predicted octanol–water partition coefficient (Wildman–Crippen LogP) is -0.0229. The van der Waals surface area contributed by atoms with Gasteiger partial charge in [0, 0.05) is 26.2 Å². The number of carboxylic acids is 1. The van der Waals surface area contributed by atoms with E-state index >= 15 is 0 Å². The van der Waals surface area contributed by atoms with Gasteiger partial charge in [-0.05, 0) is 19.3 Å². The Labute approximate surface area is 114 Å². The predicted molar refractivity (Wildman–Crippen MR) is 72.7 cm³/mol. The minimum Gasteiger partial charge on any atom is -0.480 e. The molecule has 6 heteroatoms. The molecule has 6 nitrogen and oxygen atoms in total. The lowest BCUT2D eigenvalue weighted by molar-refractivity contribution is -0.144. The normalized spacial score (nSPS) is 20.4. The summed E-state index contributed by atoms with van der Waals surface area (Å²) in [5.41, 5.74) is 5.89. The fourth-order valence-corrected chi connectivity index (χ4v) is 2.33. The zero-order valence-electron chi connectivity index (χ0n) is 12.0. The molecule has 19 heavy (non-hydrogen) atoms. The molecule has 3 N–H and O–H groups in total. The summed E-state index contributed by atoms with van der Waals surface area (Å²) in [6.07, 6.45) is 0.685. The highest BCUT2D eigenvalue weighted by Gasteiger charge is 2.29. The van der Waals surface area contributed by atoms with E-state index in [1.54, 1.807) is 11.8 Å². The molecule has 1 amide bonds. The Morgan fingerprint density at radius 2 is 1.68 bits per heavy atom. The summed E-state index contributed by atoms with van der Waals surface area (Å²) >= 11 is 0. The lowest BCUT2D eigenvalue weighted by Gasteiger charge is -2.37. The first kappa shape index (κ1) is 15.9. The van der Waals surface area contributed by atoms with E-state index in [9.17, 15) is 9.59 Å². The Hall–Kier alpha value is -1.14. The number of carbonyl (C=O) groups excluding carboxylic acids is 1. The molecule has 0 aliphatic carbocycles. The second-order valence-corrected chi connectivity index (χ2v) is 5.61. The Kier molecular flexibility index (Phi) is 5.75. The van der Waals surface area contributed by atoms with Crippen LogP contribution in [0.5, 0.6) is 0 Å². The summed E-state index contributed by atoms with van der Waals surface area (Å²) in [4.78, 5) is 26.6. The molecule has 0 spiro atoms. The molecule has 1 saturated heterocycles. The third-order valence-corrected chi connectivity index (χ3v) is 3.57. The number of piperazine rings is 1. The first-order chi connectivity index (χ1) is 8.82. The molecule has 1 fully saturated rings. The van der Waals surface area contributed by atoms with Crippen molar-refractivity contribution in [2.45, 2.75) is 39.3 Å². The van der Waals surface area contributed by atoms with E-state index in [2.05, 4.69) is 0 Å². The molecule has 0 saturated carbocycles. The maximum Gasteiger partial charge on any atom is 0.320 e. The van der Waals surface area contributed by atoms with E-state index < -0.39 is 18.1 Å². The Morgan fingerprint density at radius 3 is 2.11 bits per heavy atom. The number of rotatable bonds is 5. The maximum absolute atomic E-state index is 12.1. The number of nitrogens with zero attached hydrogens (tertiary/aromatic N) is 2. The quantitative estimate of drug-likeness (QED) is 0.733. The zero-order valence-corrected chi connectivity index (χ0v) is 12.0. The standard InChI is InChI=1S/C13H25N3O3/c1-9(2)8-11(14)12(17)16-6-4-15(5-7-16)10(3)13(18)19/h9-11H,4-8,14H2,1-3H3,(H,18,19)/t10?,11-/m0/s1. The van der Waals surface area contributed by atoms with Gasteiger partial charge in [0.1, 0.15) is 6.04 Å². The summed E-state index contributed by atoms with van der Waals surface area (Å²) < 4.78 is 0. The molecule has 1 heterocycles. The van der Waals surface area contributed by atoms with Crippen LogP contribution in [-0.2, 0) is 9.59 Å². The van der Waals surface area contributed by atoms with Gasteiger partial charge in [-0.25, -0.2) is 0 Å². The first-order valence-corrected chi connectivity index (χ1v) is 6.84. The Balaban J connectivity index is 2.45. The fourth-order valence-electron chi connectivity index (χ4n) is 2.33. The minimum atomic E-state index is -0.823. The molecule has 1 aliphatic heterocycles. The number of hydrogen-bond acceptors (Lipinski definition) is 4. The maximum atomic E-state index is 12.1. The van der Waals surface area contributed by atoms with Gasteiger partial charge in [-0.15, -0.1) is 0 Å². The number of hydrogen-bond donors (Lipinski definition) is 2. The van der Waals surface area contributed by atoms with Gasteiger partial charge in [0.2, 0.25) is 5.91 Å². The van der Waals surface area contributed by atoms with Crippen molar-refractivity contribution in [1.29, 1.82) is 0 Å². The number of amides is 1. The summed E-state index contributed by atoms with van der Waals surface area (Å²) in [7, 11) is 0. The molecule has 0 aromatic rings.